The van der Waals surface area contributed by atoms with Gasteiger partial charge in [0, 0.05) is 27.7 Å². The highest BCUT2D eigenvalue weighted by Gasteiger charge is 2.34. The van der Waals surface area contributed by atoms with E-state index in [9.17, 15) is 18.0 Å². The Balaban J connectivity index is 1.73. The molecule has 1 N–H and O–H groups in total. The number of rotatable bonds is 11. The van der Waals surface area contributed by atoms with E-state index in [1.54, 1.807) is 36.4 Å². The van der Waals surface area contributed by atoms with Gasteiger partial charge in [0.2, 0.25) is 11.8 Å². The van der Waals surface area contributed by atoms with Gasteiger partial charge in [-0.1, -0.05) is 84.4 Å². The first kappa shape index (κ1) is 32.1. The van der Waals surface area contributed by atoms with Crippen LogP contribution in [-0.2, 0) is 26.2 Å². The fourth-order valence-electron chi connectivity index (χ4n) is 5.12. The SMILES string of the molecule is CCC(C(=O)NC1CCCC1)N(Cc1ccc(Cl)cc1)C(=O)CN(c1cc(Cl)cc(Cl)c1)S(=O)(=O)c1ccc(C)cc1. The van der Waals surface area contributed by atoms with Crippen molar-refractivity contribution in [2.45, 2.75) is 69.5 Å². The van der Waals surface area contributed by atoms with Gasteiger partial charge in [-0.3, -0.25) is 13.9 Å². The predicted molar refractivity (Wildman–Crippen MR) is 169 cm³/mol. The number of sulfonamides is 1. The molecule has 0 bridgehead atoms. The Kier molecular flexibility index (Phi) is 10.8. The first-order chi connectivity index (χ1) is 20.0. The van der Waals surface area contributed by atoms with E-state index in [4.69, 9.17) is 34.8 Å². The van der Waals surface area contributed by atoms with Crippen LogP contribution in [0.3, 0.4) is 0 Å². The van der Waals surface area contributed by atoms with Crippen LogP contribution < -0.4 is 9.62 Å². The summed E-state index contributed by atoms with van der Waals surface area (Å²) in [6.07, 6.45) is 4.22. The highest BCUT2D eigenvalue weighted by atomic mass is 35.5. The maximum absolute atomic E-state index is 14.2. The average Bonchev–Trinajstić information content (AvgIpc) is 3.45. The number of carbonyl (C=O) groups excluding carboxylic acids is 2. The van der Waals surface area contributed by atoms with Gasteiger partial charge in [0.1, 0.15) is 12.6 Å². The molecule has 3 aromatic carbocycles. The van der Waals surface area contributed by atoms with E-state index in [1.807, 2.05) is 13.8 Å². The van der Waals surface area contributed by atoms with Gasteiger partial charge >= 0.3 is 0 Å². The van der Waals surface area contributed by atoms with Crippen LogP contribution >= 0.6 is 34.8 Å². The number of anilines is 1. The van der Waals surface area contributed by atoms with E-state index in [2.05, 4.69) is 5.32 Å². The number of hydrogen-bond donors (Lipinski definition) is 1. The molecule has 1 aliphatic carbocycles. The van der Waals surface area contributed by atoms with E-state index in [1.165, 1.54) is 35.2 Å². The van der Waals surface area contributed by atoms with E-state index in [0.29, 0.717) is 11.4 Å². The molecule has 0 spiro atoms. The molecular weight excluding hydrogens is 617 g/mol. The van der Waals surface area contributed by atoms with E-state index < -0.39 is 28.5 Å². The molecule has 1 aliphatic rings. The van der Waals surface area contributed by atoms with Crippen molar-refractivity contribution in [3.05, 3.63) is 92.9 Å². The monoisotopic (exact) mass is 649 g/mol. The van der Waals surface area contributed by atoms with E-state index >= 15 is 0 Å². The van der Waals surface area contributed by atoms with Crippen molar-refractivity contribution in [2.75, 3.05) is 10.8 Å². The van der Waals surface area contributed by atoms with Gasteiger partial charge in [0.05, 0.1) is 10.6 Å². The minimum absolute atomic E-state index is 0.00673. The summed E-state index contributed by atoms with van der Waals surface area (Å²) in [6.45, 7) is 3.19. The second-order valence-electron chi connectivity index (χ2n) is 10.5. The molecule has 0 aliphatic heterocycles. The Morgan fingerprint density at radius 3 is 2.07 bits per heavy atom. The third-order valence-electron chi connectivity index (χ3n) is 7.38. The molecule has 1 unspecified atom stereocenters. The number of nitrogens with one attached hydrogen (secondary N) is 1. The number of amides is 2. The zero-order valence-electron chi connectivity index (χ0n) is 23.5. The van der Waals surface area contributed by atoms with Crippen LogP contribution in [0, 0.1) is 6.92 Å². The summed E-state index contributed by atoms with van der Waals surface area (Å²) in [6, 6.07) is 16.9. The largest absolute Gasteiger partial charge is 0.352 e. The third-order valence-corrected chi connectivity index (χ3v) is 9.85. The van der Waals surface area contributed by atoms with Crippen LogP contribution in [0.5, 0.6) is 0 Å². The Bertz CT molecular complexity index is 1490. The maximum Gasteiger partial charge on any atom is 0.264 e. The maximum atomic E-state index is 14.2. The second-order valence-corrected chi connectivity index (χ2v) is 13.7. The van der Waals surface area contributed by atoms with Crippen molar-refractivity contribution >= 4 is 62.3 Å². The van der Waals surface area contributed by atoms with E-state index in [0.717, 1.165) is 41.1 Å². The van der Waals surface area contributed by atoms with Crippen molar-refractivity contribution in [3.8, 4) is 0 Å². The highest BCUT2D eigenvalue weighted by molar-refractivity contribution is 7.92. The molecule has 7 nitrogen and oxygen atoms in total. The minimum atomic E-state index is -4.23. The number of carbonyl (C=O) groups is 2. The van der Waals surface area contributed by atoms with Crippen LogP contribution in [0.25, 0.3) is 0 Å². The molecule has 4 rings (SSSR count). The van der Waals surface area contributed by atoms with Crippen LogP contribution in [-0.4, -0.2) is 43.8 Å². The lowest BCUT2D eigenvalue weighted by molar-refractivity contribution is -0.140. The molecule has 0 saturated heterocycles. The van der Waals surface area contributed by atoms with Crippen LogP contribution in [0.4, 0.5) is 5.69 Å². The zero-order valence-corrected chi connectivity index (χ0v) is 26.6. The minimum Gasteiger partial charge on any atom is -0.352 e. The lowest BCUT2D eigenvalue weighted by Gasteiger charge is -2.34. The Labute approximate surface area is 262 Å². The smallest absolute Gasteiger partial charge is 0.264 e. The molecule has 1 fully saturated rings. The molecule has 2 amide bonds. The fraction of sp³-hybridized carbons (Fsp3) is 0.355. The normalized spacial score (nSPS) is 14.4. The molecular formula is C31H34Cl3N3O4S. The fourth-order valence-corrected chi connectivity index (χ4v) is 7.16. The average molecular weight is 651 g/mol. The summed E-state index contributed by atoms with van der Waals surface area (Å²) in [5, 5.41) is 4.07. The number of benzene rings is 3. The molecule has 1 saturated carbocycles. The third kappa shape index (κ3) is 7.98. The Morgan fingerprint density at radius 2 is 1.50 bits per heavy atom. The van der Waals surface area contributed by atoms with Crippen molar-refractivity contribution in [1.82, 2.24) is 10.2 Å². The molecule has 224 valence electrons. The topological polar surface area (TPSA) is 86.8 Å². The number of halogens is 3. The summed E-state index contributed by atoms with van der Waals surface area (Å²) in [7, 11) is -4.23. The summed E-state index contributed by atoms with van der Waals surface area (Å²) in [5.41, 5.74) is 1.77. The molecule has 42 heavy (non-hydrogen) atoms. The summed E-state index contributed by atoms with van der Waals surface area (Å²) < 4.78 is 29.0. The highest BCUT2D eigenvalue weighted by Crippen LogP contribution is 2.30. The van der Waals surface area contributed by atoms with Gasteiger partial charge in [-0.2, -0.15) is 0 Å². The Morgan fingerprint density at radius 1 is 0.905 bits per heavy atom. The van der Waals surface area contributed by atoms with Gasteiger partial charge < -0.3 is 10.2 Å². The molecule has 0 heterocycles. The molecule has 0 radical (unpaired) electrons. The van der Waals surface area contributed by atoms with Gasteiger partial charge in [0.25, 0.3) is 10.0 Å². The summed E-state index contributed by atoms with van der Waals surface area (Å²) in [5.74, 6) is -0.810. The first-order valence-corrected chi connectivity index (χ1v) is 16.4. The van der Waals surface area contributed by atoms with Gasteiger partial charge in [-0.25, -0.2) is 8.42 Å². The van der Waals surface area contributed by atoms with Gasteiger partial charge in [0.15, 0.2) is 0 Å². The zero-order chi connectivity index (χ0) is 30.4. The molecule has 0 aromatic heterocycles. The van der Waals surface area contributed by atoms with Crippen LogP contribution in [0.15, 0.2) is 71.6 Å². The second kappa shape index (κ2) is 14.1. The van der Waals surface area contributed by atoms with Crippen LogP contribution in [0.2, 0.25) is 15.1 Å². The summed E-state index contributed by atoms with van der Waals surface area (Å²) >= 11 is 18.6. The van der Waals surface area contributed by atoms with Crippen molar-refractivity contribution in [2.24, 2.45) is 0 Å². The molecule has 11 heteroatoms. The van der Waals surface area contributed by atoms with Gasteiger partial charge in [-0.05, 0) is 74.2 Å². The Hall–Kier alpha value is -2.78. The van der Waals surface area contributed by atoms with Crippen LogP contribution in [0.1, 0.15) is 50.2 Å². The molecule has 1 atom stereocenters. The van der Waals surface area contributed by atoms with E-state index in [-0.39, 0.29) is 39.1 Å². The number of hydrogen-bond acceptors (Lipinski definition) is 4. The first-order valence-electron chi connectivity index (χ1n) is 13.9. The molecule has 3 aromatic rings. The predicted octanol–water partition coefficient (Wildman–Crippen LogP) is 7.02. The quantitative estimate of drug-likeness (QED) is 0.242. The van der Waals surface area contributed by atoms with Crippen molar-refractivity contribution in [3.63, 3.8) is 0 Å². The standard InChI is InChI=1S/C31H34Cl3N3O4S/c1-3-29(31(39)35-26-6-4-5-7-26)36(19-22-10-12-23(32)13-11-22)30(38)20-37(27-17-24(33)16-25(34)18-27)42(40,41)28-14-8-21(2)9-15-28/h8-18,26,29H,3-7,19-20H2,1-2H3,(H,35,39). The van der Waals surface area contributed by atoms with Gasteiger partial charge in [-0.15, -0.1) is 0 Å². The van der Waals surface area contributed by atoms with Crippen molar-refractivity contribution < 1.29 is 18.0 Å². The lowest BCUT2D eigenvalue weighted by Crippen LogP contribution is -2.53. The summed E-state index contributed by atoms with van der Waals surface area (Å²) in [4.78, 5) is 29.2. The van der Waals surface area contributed by atoms with Crippen molar-refractivity contribution in [1.29, 1.82) is 0 Å². The lowest BCUT2D eigenvalue weighted by atomic mass is 10.1. The number of aryl methyl sites for hydroxylation is 1. The number of nitrogens with zero attached hydrogens (tertiary/aromatic N) is 2.